The van der Waals surface area contributed by atoms with E-state index in [1.165, 1.54) is 0 Å². The smallest absolute Gasteiger partial charge is 0.269 e. The molecule has 0 aromatic rings. The molecule has 5 heteroatoms. The highest BCUT2D eigenvalue weighted by Crippen LogP contribution is 2.22. The molecule has 0 unspecified atom stereocenters. The van der Waals surface area contributed by atoms with Gasteiger partial charge in [-0.15, -0.1) is 11.6 Å². The van der Waals surface area contributed by atoms with Gasteiger partial charge in [-0.25, -0.2) is 4.39 Å². The first kappa shape index (κ1) is 10.7. The second kappa shape index (κ2) is 3.70. The molecule has 0 saturated heterocycles. The zero-order chi connectivity index (χ0) is 5.21. The third-order valence-electron chi connectivity index (χ3n) is 0.152. The van der Waals surface area contributed by atoms with E-state index < -0.39 is 10.5 Å². The third kappa shape index (κ3) is 10.8. The molecule has 0 aliphatic rings. The third-order valence-corrected chi connectivity index (χ3v) is 1.06. The van der Waals surface area contributed by atoms with Gasteiger partial charge < -0.3 is 0 Å². The summed E-state index contributed by atoms with van der Waals surface area (Å²) >= 11 is 14.2. The first-order chi connectivity index (χ1) is 2.56. The maximum atomic E-state index is 11.5. The van der Waals surface area contributed by atoms with Crippen LogP contribution in [-0.2, 0) is 0 Å². The predicted octanol–water partition coefficient (Wildman–Crippen LogP) is 2.48. The molecule has 0 aliphatic carbocycles. The molecule has 0 aromatic heterocycles. The summed E-state index contributed by atoms with van der Waals surface area (Å²) < 4.78 is 9.27. The van der Waals surface area contributed by atoms with Crippen LogP contribution in [0.25, 0.3) is 0 Å². The zero-order valence-electron chi connectivity index (χ0n) is 3.13. The molecule has 0 rings (SSSR count). The summed E-state index contributed by atoms with van der Waals surface area (Å²) in [5, 5.41) is 0. The highest BCUT2D eigenvalue weighted by molar-refractivity contribution is 6.50. The maximum absolute atomic E-state index is 11.5. The highest BCUT2D eigenvalue weighted by atomic mass is 35.5. The Bertz CT molecular complexity index is 40.7. The van der Waals surface area contributed by atoms with E-state index in [9.17, 15) is 4.39 Å². The summed E-state index contributed by atoms with van der Waals surface area (Å²) in [6, 6.07) is 0. The normalized spacial score (nSPS) is 10.3. The Balaban J connectivity index is 0. The molecule has 7 heavy (non-hydrogen) atoms. The van der Waals surface area contributed by atoms with Crippen molar-refractivity contribution in [3.05, 3.63) is 0 Å². The Morgan fingerprint density at radius 1 is 1.43 bits per heavy atom. The Hall–Kier alpha value is 0.730. The Labute approximate surface area is 54.9 Å². The van der Waals surface area contributed by atoms with E-state index >= 15 is 0 Å². The maximum Gasteiger partial charge on any atom is 0.270 e. The predicted molar refractivity (Wildman–Crippen MR) is 28.8 cm³/mol. The van der Waals surface area contributed by atoms with E-state index in [1.54, 1.807) is 0 Å². The zero-order valence-corrected chi connectivity index (χ0v) is 5.39. The van der Waals surface area contributed by atoms with Gasteiger partial charge in [0.2, 0.25) is 0 Å². The van der Waals surface area contributed by atoms with Crippen LogP contribution in [0.3, 0.4) is 0 Å². The molecule has 0 radical (unpaired) electrons. The van der Waals surface area contributed by atoms with Crippen LogP contribution in [0, 0.1) is 0 Å². The van der Waals surface area contributed by atoms with Gasteiger partial charge >= 0.3 is 0 Å². The molecule has 0 fully saturated rings. The van der Waals surface area contributed by atoms with E-state index in [1.807, 2.05) is 0 Å². The van der Waals surface area contributed by atoms with Crippen LogP contribution >= 0.6 is 34.8 Å². The van der Waals surface area contributed by atoms with Crippen LogP contribution in [0.15, 0.2) is 0 Å². The van der Waals surface area contributed by atoms with Crippen molar-refractivity contribution in [3.8, 4) is 0 Å². The molecule has 0 N–H and O–H groups in total. The molecule has 0 heterocycles. The van der Waals surface area contributed by atoms with Crippen molar-refractivity contribution in [1.82, 2.24) is 0 Å². The molecular weight excluding hydrogens is 168 g/mol. The van der Waals surface area contributed by atoms with Crippen LogP contribution in [0.4, 0.5) is 9.09 Å². The number of hydrogen-bond acceptors (Lipinski definition) is 0. The lowest BCUT2D eigenvalue weighted by Gasteiger charge is -1.98. The van der Waals surface area contributed by atoms with Crippen LogP contribution < -0.4 is 0 Å². The largest absolute Gasteiger partial charge is 0.270 e. The molecule has 0 bridgehead atoms. The van der Waals surface area contributed by atoms with E-state index in [2.05, 4.69) is 23.2 Å². The topological polar surface area (TPSA) is 0 Å². The summed E-state index contributed by atoms with van der Waals surface area (Å²) in [6.45, 7) is 0. The van der Waals surface area contributed by atoms with Crippen molar-refractivity contribution < 1.29 is 9.09 Å². The van der Waals surface area contributed by atoms with Crippen molar-refractivity contribution in [2.75, 3.05) is 5.88 Å². The van der Waals surface area contributed by atoms with Crippen molar-refractivity contribution in [2.45, 2.75) is 4.59 Å². The van der Waals surface area contributed by atoms with E-state index in [0.29, 0.717) is 0 Å². The van der Waals surface area contributed by atoms with E-state index in [0.717, 1.165) is 0 Å². The fourth-order valence-corrected chi connectivity index (χ4v) is 0. The lowest BCUT2D eigenvalue weighted by Crippen LogP contribution is -2.03. The fourth-order valence-electron chi connectivity index (χ4n) is 0. The summed E-state index contributed by atoms with van der Waals surface area (Å²) in [6.07, 6.45) is 0. The lowest BCUT2D eigenvalue weighted by molar-refractivity contribution is 0.428. The number of rotatable bonds is 1. The molecule has 0 aliphatic heterocycles. The Kier molecular flexibility index (Phi) is 5.63. The molecule has 0 saturated carbocycles. The highest BCUT2D eigenvalue weighted by Gasteiger charge is 2.18. The first-order valence-electron chi connectivity index (χ1n) is 1.19. The number of alkyl halides is 4. The lowest BCUT2D eigenvalue weighted by atomic mass is 10.9. The number of halogens is 5. The number of hydrogen-bond donors (Lipinski definition) is 0. The second-order valence-corrected chi connectivity index (χ2v) is 2.41. The van der Waals surface area contributed by atoms with Crippen LogP contribution in [0.5, 0.6) is 0 Å². The van der Waals surface area contributed by atoms with Crippen molar-refractivity contribution in [1.29, 1.82) is 0 Å². The second-order valence-electron chi connectivity index (χ2n) is 0.749. The minimum atomic E-state index is -2.25. The molecule has 0 amide bonds. The minimum Gasteiger partial charge on any atom is -0.269 e. The van der Waals surface area contributed by atoms with Gasteiger partial charge in [0.1, 0.15) is 0 Å². The van der Waals surface area contributed by atoms with Gasteiger partial charge in [-0.1, -0.05) is 23.2 Å². The van der Waals surface area contributed by atoms with Gasteiger partial charge in [0.05, 0.1) is 5.88 Å². The van der Waals surface area contributed by atoms with Gasteiger partial charge in [0.25, 0.3) is 4.59 Å². The van der Waals surface area contributed by atoms with Crippen LogP contribution in [-0.4, -0.2) is 10.5 Å². The van der Waals surface area contributed by atoms with Crippen molar-refractivity contribution in [3.63, 3.8) is 0 Å². The van der Waals surface area contributed by atoms with Crippen molar-refractivity contribution >= 4 is 34.8 Å². The van der Waals surface area contributed by atoms with Crippen LogP contribution in [0.1, 0.15) is 0 Å². The summed E-state index contributed by atoms with van der Waals surface area (Å²) in [5.74, 6) is -0.393. The van der Waals surface area contributed by atoms with Gasteiger partial charge in [-0.3, -0.25) is 4.70 Å². The summed E-state index contributed by atoms with van der Waals surface area (Å²) in [7, 11) is 0. The van der Waals surface area contributed by atoms with E-state index in [-0.39, 0.29) is 4.70 Å². The Morgan fingerprint density at radius 3 is 1.57 bits per heavy atom. The molecule has 46 valence electrons. The minimum absolute atomic E-state index is 0. The molecule has 0 nitrogen and oxygen atoms in total. The van der Waals surface area contributed by atoms with Crippen molar-refractivity contribution in [2.24, 2.45) is 0 Å². The molecule has 0 aromatic carbocycles. The van der Waals surface area contributed by atoms with E-state index in [4.69, 9.17) is 11.6 Å². The van der Waals surface area contributed by atoms with Gasteiger partial charge in [-0.05, 0) is 0 Å². The average Bonchev–Trinajstić information content (AvgIpc) is 1.35. The SMILES string of the molecule is F.FC(Cl)(Cl)CCl. The summed E-state index contributed by atoms with van der Waals surface area (Å²) in [4.78, 5) is 0. The van der Waals surface area contributed by atoms with Crippen LogP contribution in [0.2, 0.25) is 0 Å². The molecular formula is C2H3Cl3F2. The molecule has 0 atom stereocenters. The first-order valence-corrected chi connectivity index (χ1v) is 2.48. The quantitative estimate of drug-likeness (QED) is 0.532. The van der Waals surface area contributed by atoms with Gasteiger partial charge in [0.15, 0.2) is 0 Å². The Morgan fingerprint density at radius 2 is 1.57 bits per heavy atom. The van der Waals surface area contributed by atoms with Gasteiger partial charge in [0, 0.05) is 0 Å². The summed E-state index contributed by atoms with van der Waals surface area (Å²) in [5.41, 5.74) is 0. The van der Waals surface area contributed by atoms with Gasteiger partial charge in [-0.2, -0.15) is 0 Å². The standard InChI is InChI=1S/C2H2Cl3F.FH/c3-1-2(4,5)6;/h1H2;1H. The monoisotopic (exact) mass is 170 g/mol. The fraction of sp³-hybridized carbons (Fsp3) is 1.00. The average molecular weight is 171 g/mol. The molecule has 0 spiro atoms.